The van der Waals surface area contributed by atoms with Crippen LogP contribution in [0.4, 0.5) is 0 Å². The van der Waals surface area contributed by atoms with Gasteiger partial charge in [-0.1, -0.05) is 60.7 Å². The maximum atomic E-state index is 10.0. The molecule has 4 rings (SSSR count). The van der Waals surface area contributed by atoms with Crippen LogP contribution < -0.4 is 5.32 Å². The lowest BCUT2D eigenvalue weighted by Crippen LogP contribution is -2.68. The average molecular weight is 369 g/mol. The summed E-state index contributed by atoms with van der Waals surface area (Å²) in [7, 11) is 0. The maximum Gasteiger partial charge on any atom is 0.0845 e. The van der Waals surface area contributed by atoms with Crippen molar-refractivity contribution < 1.29 is 10.2 Å². The maximum absolute atomic E-state index is 10.0. The first-order valence-corrected chi connectivity index (χ1v) is 9.71. The van der Waals surface area contributed by atoms with Crippen molar-refractivity contribution in [1.29, 1.82) is 0 Å². The molecule has 2 fully saturated rings. The van der Waals surface area contributed by atoms with Crippen LogP contribution in [0, 0.1) is 0 Å². The van der Waals surface area contributed by atoms with E-state index in [1.807, 2.05) is 26.0 Å². The fourth-order valence-corrected chi connectivity index (χ4v) is 3.59. The van der Waals surface area contributed by atoms with E-state index in [0.717, 1.165) is 13.1 Å². The van der Waals surface area contributed by atoms with Crippen molar-refractivity contribution in [2.24, 2.45) is 0 Å². The molecule has 0 amide bonds. The lowest BCUT2D eigenvalue weighted by atomic mass is 9.80. The molecule has 2 aliphatic heterocycles. The molecule has 0 aliphatic carbocycles. The molecule has 2 unspecified atom stereocenters. The summed E-state index contributed by atoms with van der Waals surface area (Å²) in [5.74, 6) is 0. The van der Waals surface area contributed by atoms with Gasteiger partial charge >= 0.3 is 0 Å². The van der Waals surface area contributed by atoms with E-state index in [2.05, 4.69) is 72.6 Å². The summed E-state index contributed by atoms with van der Waals surface area (Å²) in [6, 6.07) is 21.3. The van der Waals surface area contributed by atoms with E-state index < -0.39 is 0 Å². The monoisotopic (exact) mass is 368 g/mol. The largest absolute Gasteiger partial charge is 0.390 e. The smallest absolute Gasteiger partial charge is 0.0845 e. The molecular weight excluding hydrogens is 336 g/mol. The minimum Gasteiger partial charge on any atom is -0.390 e. The van der Waals surface area contributed by atoms with Gasteiger partial charge in [-0.25, -0.2) is 0 Å². The predicted octanol–water partition coefficient (Wildman–Crippen LogP) is 2.96. The Balaban J connectivity index is 0.000000253. The van der Waals surface area contributed by atoms with Gasteiger partial charge in [-0.05, 0) is 38.8 Å². The number of likely N-dealkylation sites (tertiary alicyclic amines) is 1. The summed E-state index contributed by atoms with van der Waals surface area (Å²) >= 11 is 0. The summed E-state index contributed by atoms with van der Waals surface area (Å²) in [6.07, 6.45) is -0.384. The Kier molecular flexibility index (Phi) is 5.73. The fourth-order valence-electron chi connectivity index (χ4n) is 3.59. The van der Waals surface area contributed by atoms with Gasteiger partial charge in [0.05, 0.1) is 18.2 Å². The predicted molar refractivity (Wildman–Crippen MR) is 110 cm³/mol. The van der Waals surface area contributed by atoms with E-state index in [0.29, 0.717) is 0 Å². The first-order valence-electron chi connectivity index (χ1n) is 9.71. The number of rotatable bonds is 3. The topological polar surface area (TPSA) is 55.7 Å². The molecule has 2 aromatic carbocycles. The molecule has 27 heavy (non-hydrogen) atoms. The molecule has 0 bridgehead atoms. The quantitative estimate of drug-likeness (QED) is 0.780. The molecule has 3 N–H and O–H groups in total. The summed E-state index contributed by atoms with van der Waals surface area (Å²) in [5.41, 5.74) is 2.36. The Labute approximate surface area is 162 Å². The van der Waals surface area contributed by atoms with Crippen LogP contribution in [-0.2, 0) is 0 Å². The van der Waals surface area contributed by atoms with Crippen molar-refractivity contribution in [3.05, 3.63) is 71.8 Å². The molecule has 2 atom stereocenters. The van der Waals surface area contributed by atoms with Gasteiger partial charge in [0, 0.05) is 24.2 Å². The third kappa shape index (κ3) is 4.09. The third-order valence-electron chi connectivity index (χ3n) is 6.05. The van der Waals surface area contributed by atoms with Crippen LogP contribution in [0.2, 0.25) is 0 Å². The summed E-state index contributed by atoms with van der Waals surface area (Å²) in [4.78, 5) is 2.38. The van der Waals surface area contributed by atoms with E-state index in [1.165, 1.54) is 11.1 Å². The van der Waals surface area contributed by atoms with Gasteiger partial charge in [-0.3, -0.25) is 4.90 Å². The van der Waals surface area contributed by atoms with E-state index in [9.17, 15) is 5.11 Å². The number of hydrogen-bond acceptors (Lipinski definition) is 4. The second-order valence-corrected chi connectivity index (χ2v) is 8.66. The molecule has 0 aromatic heterocycles. The molecule has 2 heterocycles. The third-order valence-corrected chi connectivity index (χ3v) is 6.05. The van der Waals surface area contributed by atoms with Crippen LogP contribution in [0.15, 0.2) is 60.7 Å². The second kappa shape index (κ2) is 7.72. The van der Waals surface area contributed by atoms with Crippen LogP contribution >= 0.6 is 0 Å². The lowest BCUT2D eigenvalue weighted by molar-refractivity contribution is -0.132. The number of benzene rings is 2. The van der Waals surface area contributed by atoms with Crippen LogP contribution in [0.3, 0.4) is 0 Å². The average Bonchev–Trinajstić information content (AvgIpc) is 2.69. The van der Waals surface area contributed by atoms with Crippen molar-refractivity contribution in [2.45, 2.75) is 57.0 Å². The first-order chi connectivity index (χ1) is 12.7. The summed E-state index contributed by atoms with van der Waals surface area (Å²) in [6.45, 7) is 9.68. The van der Waals surface area contributed by atoms with Crippen molar-refractivity contribution >= 4 is 0 Å². The highest BCUT2D eigenvalue weighted by atomic mass is 16.3. The van der Waals surface area contributed by atoms with Crippen LogP contribution in [-0.4, -0.2) is 51.5 Å². The molecule has 0 radical (unpaired) electrons. The van der Waals surface area contributed by atoms with Gasteiger partial charge in [0.15, 0.2) is 0 Å². The second-order valence-electron chi connectivity index (χ2n) is 8.66. The zero-order valence-electron chi connectivity index (χ0n) is 16.8. The molecule has 4 nitrogen and oxygen atoms in total. The van der Waals surface area contributed by atoms with Crippen molar-refractivity contribution in [3.8, 4) is 0 Å². The molecule has 0 spiro atoms. The van der Waals surface area contributed by atoms with Gasteiger partial charge in [0.2, 0.25) is 0 Å². The lowest BCUT2D eigenvalue weighted by Gasteiger charge is -2.56. The Hall–Kier alpha value is -1.72. The van der Waals surface area contributed by atoms with Crippen molar-refractivity contribution in [1.82, 2.24) is 10.2 Å². The molecule has 4 heteroatoms. The molecule has 2 aromatic rings. The SMILES string of the molecule is CC1(C)C(O)CN1C(c1ccccc1)c1ccccc1.CC1(C)NCC1O. The molecular formula is C23H32N2O2. The number of aliphatic hydroxyl groups is 2. The summed E-state index contributed by atoms with van der Waals surface area (Å²) in [5, 5.41) is 22.0. The van der Waals surface area contributed by atoms with E-state index in [4.69, 9.17) is 5.11 Å². The normalized spacial score (nSPS) is 25.7. The number of aliphatic hydroxyl groups excluding tert-OH is 2. The fraction of sp³-hybridized carbons (Fsp3) is 0.478. The zero-order valence-corrected chi connectivity index (χ0v) is 16.8. The Morgan fingerprint density at radius 1 is 0.852 bits per heavy atom. The van der Waals surface area contributed by atoms with E-state index >= 15 is 0 Å². The molecule has 0 saturated carbocycles. The van der Waals surface area contributed by atoms with Gasteiger partial charge in [0.1, 0.15) is 0 Å². The highest BCUT2D eigenvalue weighted by molar-refractivity contribution is 5.33. The van der Waals surface area contributed by atoms with E-state index in [1.54, 1.807) is 0 Å². The standard InChI is InChI=1S/C18H21NO.C5H11NO/c1-18(2)16(20)13-19(18)17(14-9-5-3-6-10-14)15-11-7-4-8-12-15;1-5(2)4(7)3-6-5/h3-12,16-17,20H,13H2,1-2H3;4,6-7H,3H2,1-2H3. The minimum atomic E-state index is -0.252. The van der Waals surface area contributed by atoms with Crippen LogP contribution in [0.25, 0.3) is 0 Å². The van der Waals surface area contributed by atoms with Crippen LogP contribution in [0.5, 0.6) is 0 Å². The summed E-state index contributed by atoms with van der Waals surface area (Å²) < 4.78 is 0. The molecule has 146 valence electrons. The Morgan fingerprint density at radius 2 is 1.30 bits per heavy atom. The molecule has 2 saturated heterocycles. The van der Waals surface area contributed by atoms with Gasteiger partial charge in [-0.2, -0.15) is 0 Å². The van der Waals surface area contributed by atoms with Gasteiger partial charge in [0.25, 0.3) is 0 Å². The van der Waals surface area contributed by atoms with Gasteiger partial charge < -0.3 is 15.5 Å². The zero-order chi connectivity index (χ0) is 19.7. The Morgan fingerprint density at radius 3 is 1.56 bits per heavy atom. The highest BCUT2D eigenvalue weighted by Crippen LogP contribution is 2.41. The number of β-amino-alcohol motifs (C(OH)–C–C–N with tert-alkyl or cyclic N) is 2. The van der Waals surface area contributed by atoms with E-state index in [-0.39, 0.29) is 29.3 Å². The number of nitrogens with one attached hydrogen (secondary N) is 1. The van der Waals surface area contributed by atoms with Gasteiger partial charge in [-0.15, -0.1) is 0 Å². The van der Waals surface area contributed by atoms with Crippen molar-refractivity contribution in [3.63, 3.8) is 0 Å². The Bertz CT molecular complexity index is 691. The molecule has 2 aliphatic rings. The van der Waals surface area contributed by atoms with Crippen LogP contribution in [0.1, 0.15) is 44.9 Å². The highest BCUT2D eigenvalue weighted by Gasteiger charge is 2.49. The first kappa shape index (κ1) is 20.0. The number of hydrogen-bond donors (Lipinski definition) is 3. The van der Waals surface area contributed by atoms with Crippen molar-refractivity contribution in [2.75, 3.05) is 13.1 Å². The number of nitrogens with zero attached hydrogens (tertiary/aromatic N) is 1. The minimum absolute atomic E-state index is 0.0139.